The van der Waals surface area contributed by atoms with Crippen LogP contribution in [0.4, 0.5) is 11.4 Å². The Hall–Kier alpha value is -4.58. The highest BCUT2D eigenvalue weighted by atomic mass is 16.2. The normalized spacial score (nSPS) is 31.1. The van der Waals surface area contributed by atoms with Gasteiger partial charge in [-0.2, -0.15) is 0 Å². The van der Waals surface area contributed by atoms with Crippen molar-refractivity contribution in [2.75, 3.05) is 9.80 Å². The number of fused-ring (bicyclic) bond motifs is 1. The fourth-order valence-corrected chi connectivity index (χ4v) is 8.41. The molecule has 0 N–H and O–H groups in total. The highest BCUT2D eigenvalue weighted by Gasteiger charge is 2.67. The second-order valence-electron chi connectivity index (χ2n) is 12.4. The number of carbonyl (C=O) groups excluding carboxylic acids is 4. The van der Waals surface area contributed by atoms with E-state index >= 15 is 0 Å². The van der Waals surface area contributed by atoms with Crippen molar-refractivity contribution in [2.45, 2.75) is 20.3 Å². The highest BCUT2D eigenvalue weighted by Crippen LogP contribution is 2.63. The molecule has 3 aromatic rings. The number of amides is 4. The lowest BCUT2D eigenvalue weighted by molar-refractivity contribution is -0.129. The van der Waals surface area contributed by atoms with E-state index in [4.69, 9.17) is 0 Å². The predicted molar refractivity (Wildman–Crippen MR) is 159 cm³/mol. The van der Waals surface area contributed by atoms with E-state index in [2.05, 4.69) is 12.2 Å². The Morgan fingerprint density at radius 1 is 0.571 bits per heavy atom. The molecule has 2 bridgehead atoms. The van der Waals surface area contributed by atoms with Crippen LogP contribution in [-0.4, -0.2) is 23.6 Å². The lowest BCUT2D eigenvalue weighted by atomic mass is 9.49. The lowest BCUT2D eigenvalue weighted by Gasteiger charge is -2.51. The second-order valence-corrected chi connectivity index (χ2v) is 12.4. The average Bonchev–Trinajstić information content (AvgIpc) is 3.43. The number of imide groups is 2. The molecule has 0 radical (unpaired) electrons. The van der Waals surface area contributed by atoms with Crippen LogP contribution in [-0.2, 0) is 19.2 Å². The maximum absolute atomic E-state index is 14.3. The molecule has 6 heteroatoms. The summed E-state index contributed by atoms with van der Waals surface area (Å²) in [5.41, 5.74) is 6.38. The van der Waals surface area contributed by atoms with Crippen LogP contribution in [0, 0.1) is 55.3 Å². The molecule has 0 spiro atoms. The summed E-state index contributed by atoms with van der Waals surface area (Å²) in [7, 11) is 0. The molecule has 0 unspecified atom stereocenters. The first-order valence-corrected chi connectivity index (χ1v) is 14.7. The molecule has 6 aliphatic rings. The van der Waals surface area contributed by atoms with Crippen LogP contribution in [0.1, 0.15) is 23.1 Å². The fraction of sp³-hybridized carbons (Fsp3) is 0.278. The van der Waals surface area contributed by atoms with Gasteiger partial charge in [-0.25, -0.2) is 0 Å². The number of benzene rings is 3. The van der Waals surface area contributed by atoms with Gasteiger partial charge in [0.05, 0.1) is 35.0 Å². The zero-order valence-electron chi connectivity index (χ0n) is 23.4. The molecule has 208 valence electrons. The molecule has 6 nitrogen and oxygen atoms in total. The van der Waals surface area contributed by atoms with Gasteiger partial charge in [0.1, 0.15) is 0 Å². The molecule has 1 saturated carbocycles. The van der Waals surface area contributed by atoms with E-state index in [1.165, 1.54) is 9.80 Å². The number of nitrogens with zero attached hydrogens (tertiary/aromatic N) is 2. The summed E-state index contributed by atoms with van der Waals surface area (Å²) in [5, 5.41) is 0. The van der Waals surface area contributed by atoms with E-state index in [0.717, 1.165) is 27.8 Å². The Balaban J connectivity index is 1.28. The van der Waals surface area contributed by atoms with Gasteiger partial charge in [-0.1, -0.05) is 83.4 Å². The van der Waals surface area contributed by atoms with E-state index in [-0.39, 0.29) is 41.4 Å². The van der Waals surface area contributed by atoms with E-state index < -0.39 is 23.7 Å². The quantitative estimate of drug-likeness (QED) is 0.316. The van der Waals surface area contributed by atoms with Gasteiger partial charge >= 0.3 is 0 Å². The van der Waals surface area contributed by atoms with Crippen molar-refractivity contribution in [3.05, 3.63) is 113 Å². The van der Waals surface area contributed by atoms with Crippen molar-refractivity contribution in [3.8, 4) is 0 Å². The smallest absolute Gasteiger partial charge is 0.238 e. The number of hydrogen-bond acceptors (Lipinski definition) is 4. The summed E-state index contributed by atoms with van der Waals surface area (Å²) >= 11 is 0. The molecule has 4 aliphatic carbocycles. The molecule has 4 amide bonds. The summed E-state index contributed by atoms with van der Waals surface area (Å²) in [6.45, 7) is 3.95. The largest absolute Gasteiger partial charge is 0.274 e. The van der Waals surface area contributed by atoms with Gasteiger partial charge in [-0.05, 0) is 61.6 Å². The van der Waals surface area contributed by atoms with Gasteiger partial charge in [0.2, 0.25) is 23.6 Å². The van der Waals surface area contributed by atoms with Crippen molar-refractivity contribution >= 4 is 40.6 Å². The minimum absolute atomic E-state index is 0.177. The Morgan fingerprint density at radius 3 is 1.74 bits per heavy atom. The molecular formula is C36H30N2O4. The maximum atomic E-state index is 14.3. The summed E-state index contributed by atoms with van der Waals surface area (Å²) < 4.78 is 0. The number of rotatable bonds is 3. The topological polar surface area (TPSA) is 74.8 Å². The molecular weight excluding hydrogens is 524 g/mol. The summed E-state index contributed by atoms with van der Waals surface area (Å²) in [6, 6.07) is 25.0. The van der Waals surface area contributed by atoms with E-state index in [0.29, 0.717) is 17.8 Å². The van der Waals surface area contributed by atoms with Gasteiger partial charge in [0.15, 0.2) is 0 Å². The van der Waals surface area contributed by atoms with Crippen LogP contribution in [0.15, 0.2) is 96.6 Å². The molecule has 3 fully saturated rings. The van der Waals surface area contributed by atoms with E-state index in [9.17, 15) is 19.2 Å². The van der Waals surface area contributed by atoms with Crippen molar-refractivity contribution in [1.82, 2.24) is 0 Å². The summed E-state index contributed by atoms with van der Waals surface area (Å²) in [6.07, 6.45) is 4.58. The van der Waals surface area contributed by atoms with E-state index in [1.807, 2.05) is 92.7 Å². The first kappa shape index (κ1) is 25.2. The minimum atomic E-state index is -0.573. The molecule has 2 aliphatic heterocycles. The zero-order chi connectivity index (χ0) is 28.9. The molecule has 7 atom stereocenters. The lowest BCUT2D eigenvalue weighted by Crippen LogP contribution is -2.51. The molecule has 3 aromatic carbocycles. The first-order chi connectivity index (χ1) is 20.3. The number of carbonyl (C=O) groups is 4. The second kappa shape index (κ2) is 8.96. The van der Waals surface area contributed by atoms with Crippen molar-refractivity contribution in [1.29, 1.82) is 0 Å². The maximum Gasteiger partial charge on any atom is 0.238 e. The zero-order valence-corrected chi connectivity index (χ0v) is 23.4. The van der Waals surface area contributed by atoms with Gasteiger partial charge in [0.25, 0.3) is 0 Å². The predicted octanol–water partition coefficient (Wildman–Crippen LogP) is 5.50. The Labute approximate surface area is 244 Å². The highest BCUT2D eigenvalue weighted by molar-refractivity contribution is 6.24. The van der Waals surface area contributed by atoms with Gasteiger partial charge < -0.3 is 0 Å². The molecule has 2 heterocycles. The molecule has 2 saturated heterocycles. The summed E-state index contributed by atoms with van der Waals surface area (Å²) in [5.74, 6) is -3.90. The Kier molecular flexibility index (Phi) is 5.37. The Bertz CT molecular complexity index is 1740. The Morgan fingerprint density at radius 2 is 1.12 bits per heavy atom. The molecule has 9 rings (SSSR count). The monoisotopic (exact) mass is 554 g/mol. The first-order valence-electron chi connectivity index (χ1n) is 14.7. The SMILES string of the molecule is Cc1ccc(N2C(=O)[C@H]3[C@@H]4C=C[C@H](C5=C(c6ccccc6)C[C@H]6C(=O)N(c7ccc(C)cc7)C(=O)[C@H]6[C@@H]54)[C@H]3C2=O)cc1. The van der Waals surface area contributed by atoms with E-state index in [1.54, 1.807) is 0 Å². The van der Waals surface area contributed by atoms with Gasteiger partial charge in [-0.15, -0.1) is 0 Å². The number of anilines is 2. The minimum Gasteiger partial charge on any atom is -0.274 e. The van der Waals surface area contributed by atoms with Crippen molar-refractivity contribution in [2.24, 2.45) is 41.4 Å². The van der Waals surface area contributed by atoms with Crippen LogP contribution < -0.4 is 9.80 Å². The van der Waals surface area contributed by atoms with Crippen LogP contribution in [0.25, 0.3) is 5.57 Å². The molecule has 0 aromatic heterocycles. The van der Waals surface area contributed by atoms with Crippen LogP contribution in [0.2, 0.25) is 0 Å². The molecule has 42 heavy (non-hydrogen) atoms. The van der Waals surface area contributed by atoms with Crippen LogP contribution in [0.3, 0.4) is 0 Å². The number of allylic oxidation sites excluding steroid dienone is 4. The number of aryl methyl sites for hydroxylation is 2. The standard InChI is InChI=1S/C36H30N2O4/c1-19-8-12-22(13-9-19)37-33(39)27-18-26(21-6-4-3-5-7-21)28-24-16-17-25(29(28)32(27)36(37)42)31-30(24)34(40)38(35(31)41)23-14-10-20(2)11-15-23/h3-17,24-25,27,29-32H,18H2,1-2H3/t24-,25-,27-,29-,30-,31+,32-/m1/s1. The number of hydrogen-bond donors (Lipinski definition) is 0. The van der Waals surface area contributed by atoms with Gasteiger partial charge in [0, 0.05) is 11.8 Å². The average molecular weight is 555 g/mol. The fourth-order valence-electron chi connectivity index (χ4n) is 8.41. The van der Waals surface area contributed by atoms with Crippen LogP contribution >= 0.6 is 0 Å². The third-order valence-electron chi connectivity index (χ3n) is 10.2. The third kappa shape index (κ3) is 3.32. The van der Waals surface area contributed by atoms with Crippen LogP contribution in [0.5, 0.6) is 0 Å². The third-order valence-corrected chi connectivity index (χ3v) is 10.2. The van der Waals surface area contributed by atoms with Gasteiger partial charge in [-0.3, -0.25) is 29.0 Å². The van der Waals surface area contributed by atoms with Crippen molar-refractivity contribution < 1.29 is 19.2 Å². The van der Waals surface area contributed by atoms with Crippen molar-refractivity contribution in [3.63, 3.8) is 0 Å². The summed E-state index contributed by atoms with van der Waals surface area (Å²) in [4.78, 5) is 59.2.